The summed E-state index contributed by atoms with van der Waals surface area (Å²) in [7, 11) is 0. The number of aryl methyl sites for hydroxylation is 1. The van der Waals surface area contributed by atoms with Crippen LogP contribution in [0.4, 0.5) is 0 Å². The smallest absolute Gasteiger partial charge is 0.0943 e. The van der Waals surface area contributed by atoms with Crippen LogP contribution in [0.1, 0.15) is 62.6 Å². The summed E-state index contributed by atoms with van der Waals surface area (Å²) in [6.45, 7) is 5.43. The van der Waals surface area contributed by atoms with Crippen molar-refractivity contribution in [3.05, 3.63) is 16.1 Å². The summed E-state index contributed by atoms with van der Waals surface area (Å²) in [5, 5.41) is 7.29. The second kappa shape index (κ2) is 7.23. The highest BCUT2D eigenvalue weighted by Gasteiger charge is 2.35. The molecule has 1 aromatic rings. The number of likely N-dealkylation sites (N-methyl/N-ethyl adjacent to an activating group) is 1. The van der Waals surface area contributed by atoms with Crippen molar-refractivity contribution >= 4 is 11.3 Å². The molecule has 3 heteroatoms. The van der Waals surface area contributed by atoms with Crippen molar-refractivity contribution in [2.24, 2.45) is 17.8 Å². The van der Waals surface area contributed by atoms with Crippen LogP contribution in [0.3, 0.4) is 0 Å². The Labute approximate surface area is 133 Å². The van der Waals surface area contributed by atoms with Gasteiger partial charge in [-0.05, 0) is 50.5 Å². The van der Waals surface area contributed by atoms with Gasteiger partial charge in [-0.3, -0.25) is 0 Å². The highest BCUT2D eigenvalue weighted by atomic mass is 32.1. The summed E-state index contributed by atoms with van der Waals surface area (Å²) in [6.07, 6.45) is 11.5. The van der Waals surface area contributed by atoms with E-state index in [-0.39, 0.29) is 0 Å². The zero-order valence-electron chi connectivity index (χ0n) is 13.6. The molecular weight excluding hydrogens is 276 g/mol. The molecule has 2 saturated carbocycles. The van der Waals surface area contributed by atoms with Gasteiger partial charge in [-0.15, -0.1) is 11.3 Å². The van der Waals surface area contributed by atoms with Gasteiger partial charge in [0.15, 0.2) is 0 Å². The maximum Gasteiger partial charge on any atom is 0.0943 e. The lowest BCUT2D eigenvalue weighted by molar-refractivity contribution is 0.109. The zero-order valence-corrected chi connectivity index (χ0v) is 14.4. The summed E-state index contributed by atoms with van der Waals surface area (Å²) < 4.78 is 0. The van der Waals surface area contributed by atoms with Crippen LogP contribution in [0.2, 0.25) is 0 Å². The van der Waals surface area contributed by atoms with E-state index < -0.39 is 0 Å². The molecular formula is C18H30N2S. The number of aromatic nitrogens is 1. The summed E-state index contributed by atoms with van der Waals surface area (Å²) in [4.78, 5) is 4.69. The van der Waals surface area contributed by atoms with E-state index in [1.165, 1.54) is 55.6 Å². The number of nitrogens with one attached hydrogen (secondary N) is 1. The van der Waals surface area contributed by atoms with Gasteiger partial charge in [0.1, 0.15) is 0 Å². The van der Waals surface area contributed by atoms with Crippen molar-refractivity contribution in [2.75, 3.05) is 6.54 Å². The highest BCUT2D eigenvalue weighted by molar-refractivity contribution is 7.09. The topological polar surface area (TPSA) is 24.9 Å². The van der Waals surface area contributed by atoms with Crippen LogP contribution in [-0.2, 0) is 6.42 Å². The van der Waals surface area contributed by atoms with Crippen LogP contribution in [-0.4, -0.2) is 17.6 Å². The van der Waals surface area contributed by atoms with E-state index in [9.17, 15) is 0 Å². The predicted octanol–water partition coefficient (Wildman–Crippen LogP) is 4.58. The van der Waals surface area contributed by atoms with E-state index in [0.29, 0.717) is 6.04 Å². The second-order valence-electron chi connectivity index (χ2n) is 7.13. The predicted molar refractivity (Wildman–Crippen MR) is 90.8 cm³/mol. The lowest BCUT2D eigenvalue weighted by Gasteiger charge is -2.42. The SMILES string of the molecule is CCNC(Cc1nc(C)cs1)C1CCC2CCCCC2C1. The molecule has 4 unspecified atom stereocenters. The van der Waals surface area contributed by atoms with Crippen LogP contribution < -0.4 is 5.32 Å². The fraction of sp³-hybridized carbons (Fsp3) is 0.833. The van der Waals surface area contributed by atoms with Crippen molar-refractivity contribution in [3.8, 4) is 0 Å². The molecule has 1 aromatic heterocycles. The highest BCUT2D eigenvalue weighted by Crippen LogP contribution is 2.43. The van der Waals surface area contributed by atoms with E-state index in [1.807, 2.05) is 11.3 Å². The van der Waals surface area contributed by atoms with E-state index in [0.717, 1.165) is 30.7 Å². The number of nitrogens with zero attached hydrogens (tertiary/aromatic N) is 1. The average molecular weight is 307 g/mol. The Morgan fingerprint density at radius 2 is 2.05 bits per heavy atom. The van der Waals surface area contributed by atoms with Gasteiger partial charge >= 0.3 is 0 Å². The summed E-state index contributed by atoms with van der Waals surface area (Å²) in [6, 6.07) is 0.642. The molecule has 2 aliphatic carbocycles. The third kappa shape index (κ3) is 3.87. The van der Waals surface area contributed by atoms with Crippen LogP contribution in [0.5, 0.6) is 0 Å². The Balaban J connectivity index is 1.63. The third-order valence-corrected chi connectivity index (χ3v) is 6.67. The van der Waals surface area contributed by atoms with E-state index in [4.69, 9.17) is 0 Å². The molecule has 1 N–H and O–H groups in total. The molecule has 0 amide bonds. The molecule has 0 bridgehead atoms. The van der Waals surface area contributed by atoms with Crippen LogP contribution in [0.25, 0.3) is 0 Å². The third-order valence-electron chi connectivity index (χ3n) is 5.68. The maximum absolute atomic E-state index is 4.69. The molecule has 0 aromatic carbocycles. The Bertz CT molecular complexity index is 442. The van der Waals surface area contributed by atoms with Crippen LogP contribution in [0.15, 0.2) is 5.38 Å². The monoisotopic (exact) mass is 306 g/mol. The van der Waals surface area contributed by atoms with Crippen molar-refractivity contribution in [1.29, 1.82) is 0 Å². The first kappa shape index (κ1) is 15.5. The van der Waals surface area contributed by atoms with Crippen molar-refractivity contribution in [2.45, 2.75) is 71.3 Å². The lowest BCUT2D eigenvalue weighted by Crippen LogP contribution is -2.42. The Morgan fingerprint density at radius 1 is 1.24 bits per heavy atom. The van der Waals surface area contributed by atoms with Gasteiger partial charge in [0.05, 0.1) is 5.01 Å². The first-order valence-electron chi connectivity index (χ1n) is 8.90. The van der Waals surface area contributed by atoms with Crippen molar-refractivity contribution < 1.29 is 0 Å². The summed E-state index contributed by atoms with van der Waals surface area (Å²) >= 11 is 1.84. The number of hydrogen-bond donors (Lipinski definition) is 1. The maximum atomic E-state index is 4.69. The van der Waals surface area contributed by atoms with Gasteiger partial charge in [0, 0.05) is 23.5 Å². The molecule has 118 valence electrons. The minimum absolute atomic E-state index is 0.642. The summed E-state index contributed by atoms with van der Waals surface area (Å²) in [5.41, 5.74) is 1.18. The van der Waals surface area contributed by atoms with Crippen LogP contribution in [0, 0.1) is 24.7 Å². The largest absolute Gasteiger partial charge is 0.314 e. The molecule has 0 radical (unpaired) electrons. The molecule has 0 spiro atoms. The minimum atomic E-state index is 0.642. The number of thiazole rings is 1. The van der Waals surface area contributed by atoms with Gasteiger partial charge < -0.3 is 5.32 Å². The normalized spacial score (nSPS) is 30.9. The van der Waals surface area contributed by atoms with Gasteiger partial charge in [-0.25, -0.2) is 4.98 Å². The van der Waals surface area contributed by atoms with Crippen molar-refractivity contribution in [3.63, 3.8) is 0 Å². The average Bonchev–Trinajstić information content (AvgIpc) is 2.91. The number of fused-ring (bicyclic) bond motifs is 1. The minimum Gasteiger partial charge on any atom is -0.314 e. The van der Waals surface area contributed by atoms with Gasteiger partial charge in [0.25, 0.3) is 0 Å². The Hall–Kier alpha value is -0.410. The zero-order chi connectivity index (χ0) is 14.7. The first-order valence-corrected chi connectivity index (χ1v) is 9.78. The van der Waals surface area contributed by atoms with Gasteiger partial charge in [-0.1, -0.05) is 32.6 Å². The Kier molecular flexibility index (Phi) is 5.33. The molecule has 21 heavy (non-hydrogen) atoms. The summed E-state index contributed by atoms with van der Waals surface area (Å²) in [5.74, 6) is 2.95. The first-order chi connectivity index (χ1) is 10.3. The molecule has 1 heterocycles. The Morgan fingerprint density at radius 3 is 2.76 bits per heavy atom. The number of hydrogen-bond acceptors (Lipinski definition) is 3. The quantitative estimate of drug-likeness (QED) is 0.861. The lowest BCUT2D eigenvalue weighted by atomic mass is 9.66. The second-order valence-corrected chi connectivity index (χ2v) is 8.07. The molecule has 0 saturated heterocycles. The molecule has 0 aliphatic heterocycles. The van der Waals surface area contributed by atoms with E-state index >= 15 is 0 Å². The number of rotatable bonds is 5. The molecule has 2 aliphatic rings. The fourth-order valence-electron chi connectivity index (χ4n) is 4.63. The van der Waals surface area contributed by atoms with Crippen molar-refractivity contribution in [1.82, 2.24) is 10.3 Å². The van der Waals surface area contributed by atoms with Gasteiger partial charge in [0.2, 0.25) is 0 Å². The van der Waals surface area contributed by atoms with Gasteiger partial charge in [-0.2, -0.15) is 0 Å². The molecule has 2 nitrogen and oxygen atoms in total. The van der Waals surface area contributed by atoms with Crippen LogP contribution >= 0.6 is 11.3 Å². The standard InChI is InChI=1S/C18H30N2S/c1-3-19-17(11-18-20-13(2)12-21-18)16-9-8-14-6-4-5-7-15(14)10-16/h12,14-17,19H,3-11H2,1-2H3. The fourth-order valence-corrected chi connectivity index (χ4v) is 5.46. The molecule has 4 atom stereocenters. The molecule has 3 rings (SSSR count). The van der Waals surface area contributed by atoms with E-state index in [1.54, 1.807) is 0 Å². The molecule has 2 fully saturated rings. The van der Waals surface area contributed by atoms with E-state index in [2.05, 4.69) is 29.5 Å².